The molecule has 2 N–H and O–H groups in total. The van der Waals surface area contributed by atoms with Crippen molar-refractivity contribution >= 4 is 29.2 Å². The molecule has 152 valence electrons. The van der Waals surface area contributed by atoms with Gasteiger partial charge in [-0.05, 0) is 50.3 Å². The molecule has 2 aliphatic rings. The Morgan fingerprint density at radius 3 is 2.45 bits per heavy atom. The summed E-state index contributed by atoms with van der Waals surface area (Å²) < 4.78 is 2.16. The molecule has 3 atom stereocenters. The standard InChI is InChI=1S/C24H27N3O.ClH/c1-15-8-11-21-20(12-15)22(23(27(21)2)16-6-4-3-5-7-16)24(28)26-19-13-17-9-10-18(14-19)25-17;/h3-8,11-12,17-19,25H,9-10,13-14H2,1-2H3,(H,26,28);1H/t17-,18+,19+;. The molecule has 2 aliphatic heterocycles. The number of carbonyl (C=O) groups is 1. The summed E-state index contributed by atoms with van der Waals surface area (Å²) in [5.41, 5.74) is 5.15. The van der Waals surface area contributed by atoms with Crippen LogP contribution in [0, 0.1) is 6.92 Å². The van der Waals surface area contributed by atoms with Gasteiger partial charge in [0.2, 0.25) is 0 Å². The van der Waals surface area contributed by atoms with Gasteiger partial charge in [0.05, 0.1) is 11.3 Å². The van der Waals surface area contributed by atoms with E-state index >= 15 is 0 Å². The summed E-state index contributed by atoms with van der Waals surface area (Å²) in [6.07, 6.45) is 4.54. The topological polar surface area (TPSA) is 46.1 Å². The molecule has 5 heteroatoms. The highest BCUT2D eigenvalue weighted by molar-refractivity contribution is 6.13. The Morgan fingerprint density at radius 2 is 1.76 bits per heavy atom. The third-order valence-electron chi connectivity index (χ3n) is 6.44. The molecule has 0 radical (unpaired) electrons. The molecular formula is C24H28ClN3O. The highest BCUT2D eigenvalue weighted by Gasteiger charge is 2.35. The molecule has 2 aromatic carbocycles. The van der Waals surface area contributed by atoms with Gasteiger partial charge in [0.25, 0.3) is 5.91 Å². The van der Waals surface area contributed by atoms with E-state index in [-0.39, 0.29) is 24.4 Å². The zero-order valence-corrected chi connectivity index (χ0v) is 17.8. The van der Waals surface area contributed by atoms with Crippen LogP contribution in [0.15, 0.2) is 48.5 Å². The first kappa shape index (κ1) is 20.0. The van der Waals surface area contributed by atoms with Gasteiger partial charge in [0, 0.05) is 36.1 Å². The van der Waals surface area contributed by atoms with Gasteiger partial charge in [-0.1, -0.05) is 42.0 Å². The van der Waals surface area contributed by atoms with Crippen molar-refractivity contribution in [3.8, 4) is 11.3 Å². The lowest BCUT2D eigenvalue weighted by molar-refractivity contribution is 0.0926. The fraction of sp³-hybridized carbons (Fsp3) is 0.375. The van der Waals surface area contributed by atoms with Gasteiger partial charge >= 0.3 is 0 Å². The summed E-state index contributed by atoms with van der Waals surface area (Å²) in [6, 6.07) is 18.0. The van der Waals surface area contributed by atoms with Crippen molar-refractivity contribution in [3.05, 3.63) is 59.7 Å². The number of nitrogens with zero attached hydrogens (tertiary/aromatic N) is 1. The Hall–Kier alpha value is -2.30. The molecule has 1 aromatic heterocycles. The molecule has 0 saturated carbocycles. The predicted octanol–water partition coefficient (Wildman–Crippen LogP) is 4.59. The van der Waals surface area contributed by atoms with Crippen LogP contribution in [0.5, 0.6) is 0 Å². The molecule has 0 spiro atoms. The molecule has 29 heavy (non-hydrogen) atoms. The van der Waals surface area contributed by atoms with Crippen LogP contribution in [0.1, 0.15) is 41.6 Å². The number of halogens is 1. The average molecular weight is 410 g/mol. The second kappa shape index (κ2) is 7.85. The number of hydrogen-bond acceptors (Lipinski definition) is 2. The SMILES string of the molecule is Cc1ccc2c(c1)c(C(=O)N[C@H]1C[C@H]3CC[C@@H](C1)N3)c(-c1ccccc1)n2C.Cl. The zero-order valence-electron chi connectivity index (χ0n) is 16.9. The number of rotatable bonds is 3. The van der Waals surface area contributed by atoms with Crippen LogP contribution in [0.3, 0.4) is 0 Å². The average Bonchev–Trinajstić information content (AvgIpc) is 3.18. The van der Waals surface area contributed by atoms with Crippen LogP contribution < -0.4 is 10.6 Å². The number of aromatic nitrogens is 1. The predicted molar refractivity (Wildman–Crippen MR) is 121 cm³/mol. The number of amides is 1. The quantitative estimate of drug-likeness (QED) is 0.664. The Balaban J connectivity index is 0.00000205. The molecule has 1 amide bonds. The number of hydrogen-bond donors (Lipinski definition) is 2. The van der Waals surface area contributed by atoms with Gasteiger partial charge in [-0.15, -0.1) is 12.4 Å². The van der Waals surface area contributed by atoms with Crippen molar-refractivity contribution in [2.75, 3.05) is 0 Å². The van der Waals surface area contributed by atoms with Gasteiger partial charge in [-0.2, -0.15) is 0 Å². The van der Waals surface area contributed by atoms with Crippen LogP contribution in [-0.4, -0.2) is 28.6 Å². The Labute approximate surface area is 178 Å². The van der Waals surface area contributed by atoms with Crippen LogP contribution in [0.4, 0.5) is 0 Å². The molecule has 0 aliphatic carbocycles. The van der Waals surface area contributed by atoms with Crippen LogP contribution in [0.25, 0.3) is 22.2 Å². The number of piperidine rings is 1. The maximum absolute atomic E-state index is 13.5. The molecule has 2 saturated heterocycles. The number of nitrogens with one attached hydrogen (secondary N) is 2. The second-order valence-electron chi connectivity index (χ2n) is 8.45. The number of carbonyl (C=O) groups excluding carboxylic acids is 1. The first-order valence-corrected chi connectivity index (χ1v) is 10.3. The van der Waals surface area contributed by atoms with E-state index < -0.39 is 0 Å². The summed E-state index contributed by atoms with van der Waals surface area (Å²) in [5, 5.41) is 8.07. The number of aryl methyl sites for hydroxylation is 2. The summed E-state index contributed by atoms with van der Waals surface area (Å²) in [7, 11) is 2.06. The third kappa shape index (κ3) is 3.56. The van der Waals surface area contributed by atoms with E-state index in [2.05, 4.69) is 59.5 Å². The van der Waals surface area contributed by atoms with Gasteiger partial charge < -0.3 is 15.2 Å². The fourth-order valence-corrected chi connectivity index (χ4v) is 5.15. The lowest BCUT2D eigenvalue weighted by atomic mass is 9.98. The normalized spacial score (nSPS) is 23.0. The third-order valence-corrected chi connectivity index (χ3v) is 6.44. The summed E-state index contributed by atoms with van der Waals surface area (Å²) in [4.78, 5) is 13.5. The number of benzene rings is 2. The monoisotopic (exact) mass is 409 g/mol. The molecule has 0 unspecified atom stereocenters. The van der Waals surface area contributed by atoms with E-state index in [9.17, 15) is 4.79 Å². The lowest BCUT2D eigenvalue weighted by Gasteiger charge is -2.29. The maximum Gasteiger partial charge on any atom is 0.254 e. The van der Waals surface area contributed by atoms with Gasteiger partial charge in [0.1, 0.15) is 0 Å². The maximum atomic E-state index is 13.5. The highest BCUT2D eigenvalue weighted by Crippen LogP contribution is 2.34. The molecule has 5 rings (SSSR count). The van der Waals surface area contributed by atoms with Crippen LogP contribution in [-0.2, 0) is 7.05 Å². The van der Waals surface area contributed by atoms with Crippen molar-refractivity contribution < 1.29 is 4.79 Å². The van der Waals surface area contributed by atoms with Crippen molar-refractivity contribution in [2.45, 2.75) is 50.7 Å². The second-order valence-corrected chi connectivity index (χ2v) is 8.45. The smallest absolute Gasteiger partial charge is 0.254 e. The zero-order chi connectivity index (χ0) is 19.3. The van der Waals surface area contributed by atoms with E-state index in [1.165, 1.54) is 18.4 Å². The summed E-state index contributed by atoms with van der Waals surface area (Å²) >= 11 is 0. The largest absolute Gasteiger partial charge is 0.349 e. The minimum atomic E-state index is 0. The van der Waals surface area contributed by atoms with E-state index in [1.807, 2.05) is 18.2 Å². The summed E-state index contributed by atoms with van der Waals surface area (Å²) in [6.45, 7) is 2.08. The Kier molecular flexibility index (Phi) is 5.41. The van der Waals surface area contributed by atoms with E-state index in [0.717, 1.165) is 40.6 Å². The first-order valence-electron chi connectivity index (χ1n) is 10.3. The Bertz CT molecular complexity index is 1030. The van der Waals surface area contributed by atoms with Gasteiger partial charge in [-0.25, -0.2) is 0 Å². The molecule has 3 heterocycles. The van der Waals surface area contributed by atoms with Gasteiger partial charge in [-0.3, -0.25) is 4.79 Å². The number of fused-ring (bicyclic) bond motifs is 3. The molecule has 4 nitrogen and oxygen atoms in total. The minimum absolute atomic E-state index is 0. The minimum Gasteiger partial charge on any atom is -0.349 e. The van der Waals surface area contributed by atoms with E-state index in [4.69, 9.17) is 0 Å². The van der Waals surface area contributed by atoms with Crippen molar-refractivity contribution in [1.82, 2.24) is 15.2 Å². The van der Waals surface area contributed by atoms with Crippen LogP contribution >= 0.6 is 12.4 Å². The fourth-order valence-electron chi connectivity index (χ4n) is 5.15. The van der Waals surface area contributed by atoms with Crippen LogP contribution in [0.2, 0.25) is 0 Å². The molecule has 3 aromatic rings. The molecule has 2 bridgehead atoms. The first-order chi connectivity index (χ1) is 13.6. The van der Waals surface area contributed by atoms with Crippen molar-refractivity contribution in [2.24, 2.45) is 7.05 Å². The van der Waals surface area contributed by atoms with Crippen molar-refractivity contribution in [1.29, 1.82) is 0 Å². The molecule has 2 fully saturated rings. The van der Waals surface area contributed by atoms with E-state index in [1.54, 1.807) is 0 Å². The van der Waals surface area contributed by atoms with E-state index in [0.29, 0.717) is 12.1 Å². The van der Waals surface area contributed by atoms with Gasteiger partial charge in [0.15, 0.2) is 0 Å². The van der Waals surface area contributed by atoms with Crippen molar-refractivity contribution in [3.63, 3.8) is 0 Å². The molecular weight excluding hydrogens is 382 g/mol. The Morgan fingerprint density at radius 1 is 1.07 bits per heavy atom. The highest BCUT2D eigenvalue weighted by atomic mass is 35.5. The lowest BCUT2D eigenvalue weighted by Crippen LogP contribution is -2.48. The summed E-state index contributed by atoms with van der Waals surface area (Å²) in [5.74, 6) is 0.0568.